The van der Waals surface area contributed by atoms with Crippen LogP contribution in [0.2, 0.25) is 0 Å². The summed E-state index contributed by atoms with van der Waals surface area (Å²) in [6.45, 7) is 5.95. The molecule has 1 aromatic carbocycles. The van der Waals surface area contributed by atoms with Gasteiger partial charge in [-0.2, -0.15) is 4.98 Å². The van der Waals surface area contributed by atoms with Crippen LogP contribution in [-0.4, -0.2) is 24.6 Å². The van der Waals surface area contributed by atoms with Crippen LogP contribution >= 0.6 is 0 Å². The number of nitrogens with two attached hydrogens (primary N) is 2. The summed E-state index contributed by atoms with van der Waals surface area (Å²) in [5.41, 5.74) is 14.9. The second-order valence-corrected chi connectivity index (χ2v) is 8.04. The van der Waals surface area contributed by atoms with Gasteiger partial charge in [-0.25, -0.2) is 13.4 Å². The Kier molecular flexibility index (Phi) is 4.61. The number of sulfone groups is 1. The molecule has 0 bridgehead atoms. The van der Waals surface area contributed by atoms with Crippen LogP contribution in [0.3, 0.4) is 0 Å². The van der Waals surface area contributed by atoms with Crippen LogP contribution in [0.1, 0.15) is 42.0 Å². The van der Waals surface area contributed by atoms with E-state index in [0.717, 1.165) is 22.3 Å². The lowest BCUT2D eigenvalue weighted by Gasteiger charge is -2.17. The molecule has 0 amide bonds. The smallest absolute Gasteiger partial charge is 0.221 e. The van der Waals surface area contributed by atoms with E-state index in [-0.39, 0.29) is 11.9 Å². The Bertz CT molecular complexity index is 845. The van der Waals surface area contributed by atoms with E-state index in [2.05, 4.69) is 23.8 Å². The molecule has 124 valence electrons. The molecule has 0 spiro atoms. The van der Waals surface area contributed by atoms with Crippen molar-refractivity contribution in [1.82, 2.24) is 9.97 Å². The molecular formula is C16H22N4O2S. The van der Waals surface area contributed by atoms with Gasteiger partial charge in [0.25, 0.3) is 0 Å². The van der Waals surface area contributed by atoms with Crippen molar-refractivity contribution in [3.8, 4) is 0 Å². The first-order valence-corrected chi connectivity index (χ1v) is 9.19. The maximum atomic E-state index is 12.0. The number of nitrogens with zero attached hydrogens (tertiary/aromatic N) is 2. The molecule has 0 radical (unpaired) electrons. The van der Waals surface area contributed by atoms with Crippen LogP contribution in [0.25, 0.3) is 0 Å². The highest BCUT2D eigenvalue weighted by molar-refractivity contribution is 7.90. The molecule has 7 heteroatoms. The van der Waals surface area contributed by atoms with E-state index in [9.17, 15) is 8.42 Å². The first kappa shape index (κ1) is 17.2. The Hall–Kier alpha value is -2.15. The number of anilines is 2. The van der Waals surface area contributed by atoms with Crippen molar-refractivity contribution in [3.05, 3.63) is 40.6 Å². The zero-order valence-corrected chi connectivity index (χ0v) is 14.6. The average molecular weight is 334 g/mol. The summed E-state index contributed by atoms with van der Waals surface area (Å²) in [4.78, 5) is 8.27. The first-order chi connectivity index (χ1) is 10.6. The molecular weight excluding hydrogens is 312 g/mol. The van der Waals surface area contributed by atoms with Crippen molar-refractivity contribution in [2.45, 2.75) is 38.0 Å². The predicted molar refractivity (Wildman–Crippen MR) is 92.0 cm³/mol. The second kappa shape index (κ2) is 6.16. The van der Waals surface area contributed by atoms with Gasteiger partial charge in [-0.15, -0.1) is 0 Å². The number of benzene rings is 1. The van der Waals surface area contributed by atoms with Crippen LogP contribution in [0.5, 0.6) is 0 Å². The molecule has 1 heterocycles. The molecule has 23 heavy (non-hydrogen) atoms. The van der Waals surface area contributed by atoms with Crippen molar-refractivity contribution in [3.63, 3.8) is 0 Å². The topological polar surface area (TPSA) is 112 Å². The summed E-state index contributed by atoms with van der Waals surface area (Å²) in [7, 11) is -3.29. The van der Waals surface area contributed by atoms with E-state index in [1.165, 1.54) is 6.26 Å². The Morgan fingerprint density at radius 1 is 1.17 bits per heavy atom. The van der Waals surface area contributed by atoms with Gasteiger partial charge in [-0.1, -0.05) is 19.9 Å². The summed E-state index contributed by atoms with van der Waals surface area (Å²) in [6, 6.07) is 3.67. The minimum absolute atomic E-state index is 0.121. The minimum Gasteiger partial charge on any atom is -0.383 e. The SMILES string of the molecule is Cc1cc(C(C)C)c(Cc2cnc(N)nc2N)cc1S(C)(=O)=O. The molecule has 0 saturated heterocycles. The number of hydrogen-bond acceptors (Lipinski definition) is 6. The lowest BCUT2D eigenvalue weighted by atomic mass is 9.92. The predicted octanol–water partition coefficient (Wildman–Crippen LogP) is 2.07. The Morgan fingerprint density at radius 2 is 1.83 bits per heavy atom. The summed E-state index contributed by atoms with van der Waals surface area (Å²) >= 11 is 0. The minimum atomic E-state index is -3.29. The fraction of sp³-hybridized carbons (Fsp3) is 0.375. The Balaban J connectivity index is 2.59. The van der Waals surface area contributed by atoms with Gasteiger partial charge in [0.15, 0.2) is 9.84 Å². The third kappa shape index (κ3) is 3.79. The molecule has 1 aromatic heterocycles. The van der Waals surface area contributed by atoms with Crippen molar-refractivity contribution >= 4 is 21.6 Å². The van der Waals surface area contributed by atoms with E-state index < -0.39 is 9.84 Å². The summed E-state index contributed by atoms with van der Waals surface area (Å²) < 4.78 is 24.0. The fourth-order valence-electron chi connectivity index (χ4n) is 2.62. The van der Waals surface area contributed by atoms with Crippen molar-refractivity contribution in [2.24, 2.45) is 0 Å². The van der Waals surface area contributed by atoms with Crippen molar-refractivity contribution in [1.29, 1.82) is 0 Å². The highest BCUT2D eigenvalue weighted by atomic mass is 32.2. The molecule has 0 aliphatic carbocycles. The lowest BCUT2D eigenvalue weighted by molar-refractivity contribution is 0.601. The standard InChI is InChI=1S/C16H22N4O2S/c1-9(2)13-5-10(3)14(23(4,21)22)7-11(13)6-12-8-19-16(18)20-15(12)17/h5,7-9H,6H2,1-4H3,(H4,17,18,19,20). The number of aryl methyl sites for hydroxylation is 1. The third-order valence-corrected chi connectivity index (χ3v) is 4.99. The maximum Gasteiger partial charge on any atom is 0.221 e. The summed E-state index contributed by atoms with van der Waals surface area (Å²) in [5.74, 6) is 0.693. The van der Waals surface area contributed by atoms with E-state index in [0.29, 0.717) is 17.1 Å². The second-order valence-electron chi connectivity index (χ2n) is 6.06. The monoisotopic (exact) mass is 334 g/mol. The van der Waals surface area contributed by atoms with Gasteiger partial charge in [0.1, 0.15) is 5.82 Å². The van der Waals surface area contributed by atoms with E-state index >= 15 is 0 Å². The van der Waals surface area contributed by atoms with Gasteiger partial charge in [-0.05, 0) is 35.6 Å². The maximum absolute atomic E-state index is 12.0. The van der Waals surface area contributed by atoms with Gasteiger partial charge < -0.3 is 11.5 Å². The third-order valence-electron chi connectivity index (χ3n) is 3.76. The highest BCUT2D eigenvalue weighted by Gasteiger charge is 2.17. The molecule has 6 nitrogen and oxygen atoms in total. The van der Waals surface area contributed by atoms with Crippen LogP contribution in [-0.2, 0) is 16.3 Å². The first-order valence-electron chi connectivity index (χ1n) is 7.30. The van der Waals surface area contributed by atoms with Crippen LogP contribution in [0.4, 0.5) is 11.8 Å². The zero-order valence-electron chi connectivity index (χ0n) is 13.8. The number of hydrogen-bond donors (Lipinski definition) is 2. The Labute approximate surface area is 136 Å². The molecule has 2 rings (SSSR count). The molecule has 2 aromatic rings. The van der Waals surface area contributed by atoms with Crippen molar-refractivity contribution < 1.29 is 8.42 Å². The molecule has 0 saturated carbocycles. The molecule has 0 atom stereocenters. The van der Waals surface area contributed by atoms with Gasteiger partial charge in [0.2, 0.25) is 5.95 Å². The Morgan fingerprint density at radius 3 is 2.35 bits per heavy atom. The van der Waals surface area contributed by atoms with Gasteiger partial charge in [0.05, 0.1) is 4.90 Å². The number of aromatic nitrogens is 2. The summed E-state index contributed by atoms with van der Waals surface area (Å²) in [5, 5.41) is 0. The number of rotatable bonds is 4. The number of nitrogen functional groups attached to an aromatic ring is 2. The summed E-state index contributed by atoms with van der Waals surface area (Å²) in [6.07, 6.45) is 3.26. The van der Waals surface area contributed by atoms with Crippen LogP contribution in [0.15, 0.2) is 23.2 Å². The average Bonchev–Trinajstić information content (AvgIpc) is 2.41. The van der Waals surface area contributed by atoms with Crippen LogP contribution < -0.4 is 11.5 Å². The highest BCUT2D eigenvalue weighted by Crippen LogP contribution is 2.28. The molecule has 0 aliphatic heterocycles. The lowest BCUT2D eigenvalue weighted by Crippen LogP contribution is -2.08. The molecule has 0 unspecified atom stereocenters. The normalized spacial score (nSPS) is 11.9. The largest absolute Gasteiger partial charge is 0.383 e. The zero-order chi connectivity index (χ0) is 17.4. The molecule has 4 N–H and O–H groups in total. The molecule has 0 aliphatic rings. The van der Waals surface area contributed by atoms with E-state index in [4.69, 9.17) is 11.5 Å². The van der Waals surface area contributed by atoms with E-state index in [1.54, 1.807) is 12.3 Å². The molecule has 0 fully saturated rings. The van der Waals surface area contributed by atoms with Gasteiger partial charge in [0, 0.05) is 24.4 Å². The fourth-order valence-corrected chi connectivity index (χ4v) is 3.62. The quantitative estimate of drug-likeness (QED) is 0.885. The van der Waals surface area contributed by atoms with Gasteiger partial charge >= 0.3 is 0 Å². The van der Waals surface area contributed by atoms with E-state index in [1.807, 2.05) is 13.0 Å². The van der Waals surface area contributed by atoms with Crippen LogP contribution in [0, 0.1) is 6.92 Å². The van der Waals surface area contributed by atoms with Crippen molar-refractivity contribution in [2.75, 3.05) is 17.7 Å². The van der Waals surface area contributed by atoms with Gasteiger partial charge in [-0.3, -0.25) is 0 Å².